The van der Waals surface area contributed by atoms with E-state index in [-0.39, 0.29) is 0 Å². The van der Waals surface area contributed by atoms with Gasteiger partial charge in [-0.05, 0) is 6.92 Å². The molecule has 1 atom stereocenters. The lowest BCUT2D eigenvalue weighted by molar-refractivity contribution is -0.0134. The molecule has 0 N–H and O–H groups in total. The lowest BCUT2D eigenvalue weighted by Crippen LogP contribution is -2.41. The van der Waals surface area contributed by atoms with Gasteiger partial charge in [0.05, 0.1) is 25.3 Å². The molecule has 0 aromatic heterocycles. The highest BCUT2D eigenvalue weighted by molar-refractivity contribution is 4.79. The minimum Gasteiger partial charge on any atom is -0.376 e. The summed E-state index contributed by atoms with van der Waals surface area (Å²) in [6.07, 6.45) is 0.294. The minimum absolute atomic E-state index is 0.294. The van der Waals surface area contributed by atoms with Crippen LogP contribution in [0.5, 0.6) is 0 Å². The van der Waals surface area contributed by atoms with Gasteiger partial charge < -0.3 is 4.74 Å². The maximum Gasteiger partial charge on any atom is 0.0867 e. The SMILES string of the molecule is C[C@H]1CN(CC#N)CCO1. The van der Waals surface area contributed by atoms with Crippen LogP contribution < -0.4 is 0 Å². The third-order valence-electron chi connectivity index (χ3n) is 1.62. The normalized spacial score (nSPS) is 27.8. The summed E-state index contributed by atoms with van der Waals surface area (Å²) in [4.78, 5) is 2.11. The molecule has 0 aliphatic carbocycles. The van der Waals surface area contributed by atoms with Gasteiger partial charge in [-0.2, -0.15) is 5.26 Å². The van der Waals surface area contributed by atoms with Crippen LogP contribution in [0.1, 0.15) is 6.92 Å². The zero-order chi connectivity index (χ0) is 7.40. The maximum atomic E-state index is 8.37. The molecule has 0 amide bonds. The highest BCUT2D eigenvalue weighted by atomic mass is 16.5. The van der Waals surface area contributed by atoms with Gasteiger partial charge in [-0.15, -0.1) is 0 Å². The second-order valence-electron chi connectivity index (χ2n) is 2.57. The fourth-order valence-electron chi connectivity index (χ4n) is 1.13. The summed E-state index contributed by atoms with van der Waals surface area (Å²) in [5.41, 5.74) is 0. The molecule has 56 valence electrons. The average molecular weight is 140 g/mol. The first-order valence-corrected chi connectivity index (χ1v) is 3.54. The van der Waals surface area contributed by atoms with Crippen LogP contribution in [0.25, 0.3) is 0 Å². The minimum atomic E-state index is 0.294. The Kier molecular flexibility index (Phi) is 2.67. The molecule has 1 heterocycles. The Morgan fingerprint density at radius 1 is 1.80 bits per heavy atom. The standard InChI is InChI=1S/C7H12N2O/c1-7-6-9(3-2-8)4-5-10-7/h7H,3-6H2,1H3/t7-/m0/s1. The first kappa shape index (κ1) is 7.52. The highest BCUT2D eigenvalue weighted by Gasteiger charge is 2.15. The van der Waals surface area contributed by atoms with Crippen molar-refractivity contribution in [3.8, 4) is 6.07 Å². The molecule has 0 bridgehead atoms. The van der Waals surface area contributed by atoms with Gasteiger partial charge in [0, 0.05) is 13.1 Å². The Morgan fingerprint density at radius 2 is 2.60 bits per heavy atom. The summed E-state index contributed by atoms with van der Waals surface area (Å²) >= 11 is 0. The van der Waals surface area contributed by atoms with Crippen molar-refractivity contribution in [1.29, 1.82) is 5.26 Å². The number of hydrogen-bond donors (Lipinski definition) is 0. The molecule has 3 nitrogen and oxygen atoms in total. The molecule has 1 aliphatic rings. The van der Waals surface area contributed by atoms with Crippen LogP contribution >= 0.6 is 0 Å². The smallest absolute Gasteiger partial charge is 0.0867 e. The zero-order valence-electron chi connectivity index (χ0n) is 6.21. The van der Waals surface area contributed by atoms with Crippen molar-refractivity contribution in [3.05, 3.63) is 0 Å². The van der Waals surface area contributed by atoms with Crippen molar-refractivity contribution in [1.82, 2.24) is 4.90 Å². The lowest BCUT2D eigenvalue weighted by Gasteiger charge is -2.28. The van der Waals surface area contributed by atoms with Crippen LogP contribution in [-0.4, -0.2) is 37.2 Å². The third-order valence-corrected chi connectivity index (χ3v) is 1.62. The van der Waals surface area contributed by atoms with Crippen molar-refractivity contribution >= 4 is 0 Å². The molecule has 0 saturated carbocycles. The van der Waals surface area contributed by atoms with Crippen LogP contribution in [0, 0.1) is 11.3 Å². The number of hydrogen-bond acceptors (Lipinski definition) is 3. The van der Waals surface area contributed by atoms with Crippen LogP contribution in [0.4, 0.5) is 0 Å². The van der Waals surface area contributed by atoms with Gasteiger partial charge >= 0.3 is 0 Å². The average Bonchev–Trinajstić information content (AvgIpc) is 1.88. The van der Waals surface area contributed by atoms with Crippen molar-refractivity contribution in [2.75, 3.05) is 26.2 Å². The van der Waals surface area contributed by atoms with E-state index in [2.05, 4.69) is 11.0 Å². The van der Waals surface area contributed by atoms with E-state index in [9.17, 15) is 0 Å². The summed E-state index contributed by atoms with van der Waals surface area (Å²) in [6, 6.07) is 2.13. The Hall–Kier alpha value is -0.590. The number of rotatable bonds is 1. The topological polar surface area (TPSA) is 36.3 Å². The molecule has 1 saturated heterocycles. The highest BCUT2D eigenvalue weighted by Crippen LogP contribution is 2.02. The molecule has 0 unspecified atom stereocenters. The molecular weight excluding hydrogens is 128 g/mol. The molecule has 1 fully saturated rings. The van der Waals surface area contributed by atoms with E-state index in [1.54, 1.807) is 0 Å². The molecular formula is C7H12N2O. The molecule has 0 aromatic rings. The van der Waals surface area contributed by atoms with Crippen molar-refractivity contribution < 1.29 is 4.74 Å². The largest absolute Gasteiger partial charge is 0.376 e. The zero-order valence-corrected chi connectivity index (χ0v) is 6.21. The van der Waals surface area contributed by atoms with E-state index in [4.69, 9.17) is 10.00 Å². The molecule has 1 rings (SSSR count). The summed E-state index contributed by atoms with van der Waals surface area (Å²) in [7, 11) is 0. The van der Waals surface area contributed by atoms with E-state index in [1.165, 1.54) is 0 Å². The Balaban J connectivity index is 2.27. The summed E-state index contributed by atoms with van der Waals surface area (Å²) in [6.45, 7) is 5.13. The summed E-state index contributed by atoms with van der Waals surface area (Å²) in [5.74, 6) is 0. The van der Waals surface area contributed by atoms with Gasteiger partial charge in [-0.25, -0.2) is 0 Å². The monoisotopic (exact) mass is 140 g/mol. The van der Waals surface area contributed by atoms with E-state index in [0.717, 1.165) is 19.7 Å². The summed E-state index contributed by atoms with van der Waals surface area (Å²) in [5, 5.41) is 8.37. The van der Waals surface area contributed by atoms with Crippen LogP contribution in [0.15, 0.2) is 0 Å². The second-order valence-corrected chi connectivity index (χ2v) is 2.57. The van der Waals surface area contributed by atoms with Crippen molar-refractivity contribution in [3.63, 3.8) is 0 Å². The maximum absolute atomic E-state index is 8.37. The van der Waals surface area contributed by atoms with Gasteiger partial charge in [0.1, 0.15) is 0 Å². The lowest BCUT2D eigenvalue weighted by atomic mass is 10.3. The van der Waals surface area contributed by atoms with E-state index in [1.807, 2.05) is 6.92 Å². The fraction of sp³-hybridized carbons (Fsp3) is 0.857. The third kappa shape index (κ3) is 1.98. The number of nitriles is 1. The molecule has 0 aromatic carbocycles. The van der Waals surface area contributed by atoms with Gasteiger partial charge in [-0.1, -0.05) is 0 Å². The molecule has 0 radical (unpaired) electrons. The van der Waals surface area contributed by atoms with Crippen molar-refractivity contribution in [2.24, 2.45) is 0 Å². The van der Waals surface area contributed by atoms with E-state index in [0.29, 0.717) is 12.6 Å². The van der Waals surface area contributed by atoms with Gasteiger partial charge in [-0.3, -0.25) is 4.90 Å². The van der Waals surface area contributed by atoms with Crippen LogP contribution in [0.2, 0.25) is 0 Å². The Bertz CT molecular complexity index is 141. The van der Waals surface area contributed by atoms with E-state index >= 15 is 0 Å². The number of morpholine rings is 1. The fourth-order valence-corrected chi connectivity index (χ4v) is 1.13. The molecule has 0 spiro atoms. The van der Waals surface area contributed by atoms with Gasteiger partial charge in [0.25, 0.3) is 0 Å². The first-order valence-electron chi connectivity index (χ1n) is 3.54. The second kappa shape index (κ2) is 3.55. The molecule has 10 heavy (non-hydrogen) atoms. The van der Waals surface area contributed by atoms with Crippen LogP contribution in [0.3, 0.4) is 0 Å². The van der Waals surface area contributed by atoms with Crippen molar-refractivity contribution in [2.45, 2.75) is 13.0 Å². The molecule has 1 aliphatic heterocycles. The predicted octanol–water partition coefficient (Wildman–Crippen LogP) is 0.231. The summed E-state index contributed by atoms with van der Waals surface area (Å²) < 4.78 is 5.30. The molecule has 3 heteroatoms. The van der Waals surface area contributed by atoms with Gasteiger partial charge in [0.15, 0.2) is 0 Å². The Morgan fingerprint density at radius 3 is 3.20 bits per heavy atom. The number of ether oxygens (including phenoxy) is 1. The quantitative estimate of drug-likeness (QED) is 0.489. The predicted molar refractivity (Wildman–Crippen MR) is 37.5 cm³/mol. The van der Waals surface area contributed by atoms with Gasteiger partial charge in [0.2, 0.25) is 0 Å². The first-order chi connectivity index (χ1) is 4.83. The van der Waals surface area contributed by atoms with Crippen LogP contribution in [-0.2, 0) is 4.74 Å². The Labute approximate surface area is 61.2 Å². The van der Waals surface area contributed by atoms with E-state index < -0.39 is 0 Å². The number of nitrogens with zero attached hydrogens (tertiary/aromatic N) is 2.